The Morgan fingerprint density at radius 2 is 1.85 bits per heavy atom. The maximum absolute atomic E-state index is 12.0. The number of aromatic nitrogens is 3. The second kappa shape index (κ2) is 9.06. The smallest absolute Gasteiger partial charge is 0.387 e. The summed E-state index contributed by atoms with van der Waals surface area (Å²) in [7, 11) is -15.3. The fourth-order valence-corrected chi connectivity index (χ4v) is 6.26. The zero-order valence-corrected chi connectivity index (χ0v) is 19.6. The van der Waals surface area contributed by atoms with Crippen molar-refractivity contribution >= 4 is 40.3 Å². The molecular weight excluding hydrogens is 513 g/mol. The van der Waals surface area contributed by atoms with Gasteiger partial charge < -0.3 is 44.5 Å². The van der Waals surface area contributed by atoms with E-state index in [1.54, 1.807) is 12.3 Å². The largest absolute Gasteiger partial charge is 0.490 e. The van der Waals surface area contributed by atoms with Crippen LogP contribution in [-0.2, 0) is 36.3 Å². The molecule has 2 unspecified atom stereocenters. The van der Waals surface area contributed by atoms with Crippen molar-refractivity contribution in [3.8, 4) is 0 Å². The molecule has 1 aliphatic rings. The van der Waals surface area contributed by atoms with Crippen LogP contribution in [0.3, 0.4) is 0 Å². The number of hydrogen-bond acceptors (Lipinski definition) is 12. The van der Waals surface area contributed by atoms with Gasteiger partial charge in [-0.2, -0.15) is 8.62 Å². The van der Waals surface area contributed by atoms with E-state index in [2.05, 4.69) is 23.1 Å². The minimum atomic E-state index is -5.69. The number of rotatable bonds is 9. The predicted molar refractivity (Wildman–Crippen MR) is 107 cm³/mol. The van der Waals surface area contributed by atoms with E-state index >= 15 is 0 Å². The van der Waals surface area contributed by atoms with E-state index in [1.807, 2.05) is 0 Å². The van der Waals surface area contributed by atoms with Crippen molar-refractivity contribution in [2.75, 3.05) is 19.5 Å². The average molecular weight is 534 g/mol. The van der Waals surface area contributed by atoms with E-state index in [1.165, 1.54) is 24.9 Å². The minimum Gasteiger partial charge on any atom is -0.387 e. The summed E-state index contributed by atoms with van der Waals surface area (Å²) in [6.45, 7) is 0.625. The first-order valence-corrected chi connectivity index (χ1v) is 13.3. The molecule has 0 spiro atoms. The Bertz CT molecular complexity index is 1170. The second-order valence-corrected chi connectivity index (χ2v) is 11.4. The Morgan fingerprint density at radius 1 is 1.18 bits per heavy atom. The number of phosphoric acid groups is 3. The number of aliphatic hydroxyl groups excluding tert-OH is 1. The van der Waals surface area contributed by atoms with Crippen LogP contribution in [0.2, 0.25) is 0 Å². The number of hydrogen-bond donors (Lipinski definition) is 6. The maximum atomic E-state index is 12.0. The summed E-state index contributed by atoms with van der Waals surface area (Å²) in [5.41, 5.74) is 4.74. The van der Waals surface area contributed by atoms with Gasteiger partial charge in [0.2, 0.25) is 0 Å². The summed E-state index contributed by atoms with van der Waals surface area (Å²) in [4.78, 5) is 44.0. The van der Waals surface area contributed by atoms with Crippen LogP contribution < -0.4 is 5.73 Å². The lowest BCUT2D eigenvalue weighted by molar-refractivity contribution is -0.118. The number of nitrogens with two attached hydrogens (primary N) is 1. The third kappa shape index (κ3) is 5.69. The van der Waals surface area contributed by atoms with E-state index in [0.29, 0.717) is 11.0 Å². The van der Waals surface area contributed by atoms with Gasteiger partial charge >= 0.3 is 23.5 Å². The molecule has 1 aliphatic heterocycles. The molecular formula is C13H21N4O13P3. The van der Waals surface area contributed by atoms with Gasteiger partial charge in [0.25, 0.3) is 0 Å². The van der Waals surface area contributed by atoms with Crippen molar-refractivity contribution in [2.24, 2.45) is 0 Å². The van der Waals surface area contributed by atoms with Crippen molar-refractivity contribution in [3.05, 3.63) is 18.6 Å². The molecule has 186 valence electrons. The van der Waals surface area contributed by atoms with Crippen LogP contribution in [0.5, 0.6) is 0 Å². The first-order chi connectivity index (χ1) is 15.1. The number of aliphatic hydroxyl groups is 1. The normalized spacial score (nSPS) is 29.7. The van der Waals surface area contributed by atoms with Gasteiger partial charge in [-0.3, -0.25) is 4.52 Å². The summed E-state index contributed by atoms with van der Waals surface area (Å²) in [5.74, 6) is 0.195. The molecule has 20 heteroatoms. The van der Waals surface area contributed by atoms with Crippen molar-refractivity contribution in [2.45, 2.75) is 31.0 Å². The van der Waals surface area contributed by atoms with Crippen LogP contribution in [-0.4, -0.2) is 70.7 Å². The van der Waals surface area contributed by atoms with Gasteiger partial charge in [-0.05, 0) is 13.0 Å². The fourth-order valence-electron chi connectivity index (χ4n) is 3.23. The van der Waals surface area contributed by atoms with E-state index in [4.69, 9.17) is 25.0 Å². The van der Waals surface area contributed by atoms with Crippen molar-refractivity contribution < 1.29 is 61.0 Å². The number of methoxy groups -OCH3 is 1. The highest BCUT2D eigenvalue weighted by Gasteiger charge is 2.55. The molecule has 3 heterocycles. The van der Waals surface area contributed by atoms with Gasteiger partial charge in [0.05, 0.1) is 12.0 Å². The van der Waals surface area contributed by atoms with Gasteiger partial charge in [0, 0.05) is 13.3 Å². The van der Waals surface area contributed by atoms with Crippen molar-refractivity contribution in [3.63, 3.8) is 0 Å². The first-order valence-electron chi connectivity index (χ1n) is 8.82. The fraction of sp³-hybridized carbons (Fsp3) is 0.538. The Kier molecular flexibility index (Phi) is 7.22. The quantitative estimate of drug-likeness (QED) is 0.232. The Balaban J connectivity index is 1.78. The van der Waals surface area contributed by atoms with E-state index in [-0.39, 0.29) is 5.82 Å². The van der Waals surface area contributed by atoms with Crippen LogP contribution in [0.1, 0.15) is 13.2 Å². The second-order valence-electron chi connectivity index (χ2n) is 6.97. The molecule has 0 bridgehead atoms. The van der Waals surface area contributed by atoms with Crippen LogP contribution >= 0.6 is 23.5 Å². The number of fused-ring (bicyclic) bond motifs is 1. The molecule has 1 fully saturated rings. The van der Waals surface area contributed by atoms with Crippen LogP contribution in [0.15, 0.2) is 18.6 Å². The topological polar surface area (TPSA) is 255 Å². The zero-order valence-electron chi connectivity index (χ0n) is 16.9. The third-order valence-corrected chi connectivity index (χ3v) is 8.59. The highest BCUT2D eigenvalue weighted by atomic mass is 31.3. The lowest BCUT2D eigenvalue weighted by Gasteiger charge is -2.31. The van der Waals surface area contributed by atoms with Gasteiger partial charge in [0.1, 0.15) is 35.6 Å². The zero-order chi connectivity index (χ0) is 24.8. The summed E-state index contributed by atoms with van der Waals surface area (Å²) < 4.78 is 58.7. The van der Waals surface area contributed by atoms with Gasteiger partial charge in [-0.15, -0.1) is 0 Å². The van der Waals surface area contributed by atoms with Gasteiger partial charge in [-0.1, -0.05) is 0 Å². The predicted octanol–water partition coefficient (Wildman–Crippen LogP) is 0.0202. The van der Waals surface area contributed by atoms with Crippen LogP contribution in [0.25, 0.3) is 11.0 Å². The molecule has 0 saturated carbocycles. The molecule has 3 rings (SSSR count). The van der Waals surface area contributed by atoms with Gasteiger partial charge in [-0.25, -0.2) is 23.7 Å². The molecule has 7 N–H and O–H groups in total. The number of nitrogens with zero attached hydrogens (tertiary/aromatic N) is 3. The lowest BCUT2D eigenvalue weighted by Crippen LogP contribution is -2.46. The number of phosphoric ester groups is 1. The van der Waals surface area contributed by atoms with E-state index in [0.717, 1.165) is 0 Å². The Labute approximate surface area is 185 Å². The summed E-state index contributed by atoms with van der Waals surface area (Å²) in [5, 5.41) is 11.2. The number of ether oxygens (including phenoxy) is 2. The molecule has 33 heavy (non-hydrogen) atoms. The maximum Gasteiger partial charge on any atom is 0.490 e. The molecule has 17 nitrogen and oxygen atoms in total. The third-order valence-electron chi connectivity index (χ3n) is 4.78. The minimum absolute atomic E-state index is 0.195. The summed E-state index contributed by atoms with van der Waals surface area (Å²) >= 11 is 0. The number of nitrogen functional groups attached to an aromatic ring is 1. The molecule has 1 saturated heterocycles. The highest BCUT2D eigenvalue weighted by Crippen LogP contribution is 2.66. The molecule has 0 amide bonds. The molecule has 0 aromatic carbocycles. The average Bonchev–Trinajstić information content (AvgIpc) is 3.18. The lowest BCUT2D eigenvalue weighted by atomic mass is 9.96. The molecule has 2 aromatic rings. The van der Waals surface area contributed by atoms with Crippen molar-refractivity contribution in [1.82, 2.24) is 14.5 Å². The molecule has 0 radical (unpaired) electrons. The molecule has 6 atom stereocenters. The Hall–Kier alpha value is -1.29. The van der Waals surface area contributed by atoms with E-state index in [9.17, 15) is 28.6 Å². The highest BCUT2D eigenvalue weighted by molar-refractivity contribution is 7.66. The monoisotopic (exact) mass is 534 g/mol. The Morgan fingerprint density at radius 3 is 2.45 bits per heavy atom. The standard InChI is InChI=1S/C13H21N4O13P3/c1-13(26-2)9(18)8(5-27-32(22,23)30-33(24,25)29-31(19,20)21)28-12(13)17-4-3-7-10(14)15-6-16-11(7)17/h3-4,6,8-9,12,18H,5H2,1-2H3,(H,22,23)(H,24,25)(H2,14,15,16)(H2,19,20,21)/t8-,9-,12-,13-/m1/s1. The van der Waals surface area contributed by atoms with Gasteiger partial charge in [0.15, 0.2) is 6.23 Å². The van der Waals surface area contributed by atoms with E-state index < -0.39 is 54.1 Å². The van der Waals surface area contributed by atoms with Crippen LogP contribution in [0.4, 0.5) is 5.82 Å². The SMILES string of the molecule is CO[C@]1(C)[C@H](O)[C@@H](COP(=O)(O)OP(=O)(O)OP(=O)(O)O)O[C@H]1n1ccc2c(N)ncnc21. The number of anilines is 1. The first kappa shape index (κ1) is 26.3. The van der Waals surface area contributed by atoms with Crippen LogP contribution in [0, 0.1) is 0 Å². The molecule has 0 aliphatic carbocycles. The van der Waals surface area contributed by atoms with Crippen molar-refractivity contribution in [1.29, 1.82) is 0 Å². The molecule has 2 aromatic heterocycles. The summed E-state index contributed by atoms with van der Waals surface area (Å²) in [6, 6.07) is 1.61. The summed E-state index contributed by atoms with van der Waals surface area (Å²) in [6.07, 6.45) is -1.07.